The highest BCUT2D eigenvalue weighted by Gasteiger charge is 2.19. The summed E-state index contributed by atoms with van der Waals surface area (Å²) in [5.74, 6) is -0.311. The van der Waals surface area contributed by atoms with E-state index in [-0.39, 0.29) is 5.92 Å². The molecule has 0 saturated carbocycles. The van der Waals surface area contributed by atoms with E-state index in [1.807, 2.05) is 31.2 Å². The second-order valence-corrected chi connectivity index (χ2v) is 5.55. The van der Waals surface area contributed by atoms with Gasteiger partial charge in [0.05, 0.1) is 12.7 Å². The van der Waals surface area contributed by atoms with Gasteiger partial charge in [0, 0.05) is 5.92 Å². The van der Waals surface area contributed by atoms with Gasteiger partial charge in [0.1, 0.15) is 5.75 Å². The zero-order valence-electron chi connectivity index (χ0n) is 13.1. The lowest BCUT2D eigenvalue weighted by molar-refractivity contribution is 0.0695. The number of benzene rings is 3. The van der Waals surface area contributed by atoms with Crippen LogP contribution in [0.15, 0.2) is 60.7 Å². The minimum Gasteiger partial charge on any atom is -0.497 e. The van der Waals surface area contributed by atoms with Gasteiger partial charge in [-0.15, -0.1) is 0 Å². The summed E-state index contributed by atoms with van der Waals surface area (Å²) in [4.78, 5) is 11.6. The second-order valence-electron chi connectivity index (χ2n) is 5.55. The van der Waals surface area contributed by atoms with Gasteiger partial charge in [-0.1, -0.05) is 49.4 Å². The number of methoxy groups -OCH3 is 1. The Morgan fingerprint density at radius 3 is 2.48 bits per heavy atom. The van der Waals surface area contributed by atoms with Crippen LogP contribution < -0.4 is 4.74 Å². The summed E-state index contributed by atoms with van der Waals surface area (Å²) >= 11 is 0. The van der Waals surface area contributed by atoms with Crippen LogP contribution in [0.4, 0.5) is 0 Å². The van der Waals surface area contributed by atoms with Crippen molar-refractivity contribution in [1.29, 1.82) is 0 Å². The molecule has 1 atom stereocenters. The molecule has 0 heterocycles. The fraction of sp³-hybridized carbons (Fsp3) is 0.150. The number of carbonyl (C=O) groups is 1. The quantitative estimate of drug-likeness (QED) is 0.760. The van der Waals surface area contributed by atoms with E-state index in [1.54, 1.807) is 19.2 Å². The van der Waals surface area contributed by atoms with Crippen molar-refractivity contribution in [3.05, 3.63) is 77.4 Å². The van der Waals surface area contributed by atoms with Crippen LogP contribution in [0.5, 0.6) is 5.75 Å². The van der Waals surface area contributed by atoms with Crippen LogP contribution in [0.1, 0.15) is 34.3 Å². The third-order valence-electron chi connectivity index (χ3n) is 4.25. The highest BCUT2D eigenvalue weighted by molar-refractivity contribution is 5.91. The molecule has 3 aromatic carbocycles. The molecule has 3 nitrogen and oxygen atoms in total. The molecule has 0 aliphatic rings. The highest BCUT2D eigenvalue weighted by atomic mass is 16.5. The highest BCUT2D eigenvalue weighted by Crippen LogP contribution is 2.34. The average molecular weight is 306 g/mol. The average Bonchev–Trinajstić information content (AvgIpc) is 2.60. The molecule has 1 unspecified atom stereocenters. The fourth-order valence-corrected chi connectivity index (χ4v) is 3.02. The van der Waals surface area contributed by atoms with Crippen molar-refractivity contribution in [2.45, 2.75) is 12.8 Å². The summed E-state index contributed by atoms with van der Waals surface area (Å²) in [5.41, 5.74) is 2.18. The van der Waals surface area contributed by atoms with E-state index in [0.29, 0.717) is 11.3 Å². The topological polar surface area (TPSA) is 46.5 Å². The van der Waals surface area contributed by atoms with Crippen LogP contribution in [0.2, 0.25) is 0 Å². The third kappa shape index (κ3) is 2.78. The van der Waals surface area contributed by atoms with Gasteiger partial charge in [-0.25, -0.2) is 4.79 Å². The first-order valence-electron chi connectivity index (χ1n) is 7.50. The number of rotatable bonds is 4. The van der Waals surface area contributed by atoms with Crippen molar-refractivity contribution in [2.24, 2.45) is 0 Å². The van der Waals surface area contributed by atoms with E-state index in [2.05, 4.69) is 24.3 Å². The van der Waals surface area contributed by atoms with Gasteiger partial charge in [0.15, 0.2) is 0 Å². The predicted octanol–water partition coefficient (Wildman–Crippen LogP) is 4.70. The lowest BCUT2D eigenvalue weighted by Gasteiger charge is -2.18. The number of ether oxygens (including phenoxy) is 1. The Bertz CT molecular complexity index is 862. The monoisotopic (exact) mass is 306 g/mol. The summed E-state index contributed by atoms with van der Waals surface area (Å²) in [6, 6.07) is 19.4. The maximum atomic E-state index is 11.6. The summed E-state index contributed by atoms with van der Waals surface area (Å²) in [6.45, 7) is 2.03. The van der Waals surface area contributed by atoms with Gasteiger partial charge in [0.25, 0.3) is 0 Å². The van der Waals surface area contributed by atoms with Crippen molar-refractivity contribution in [3.63, 3.8) is 0 Å². The van der Waals surface area contributed by atoms with Gasteiger partial charge >= 0.3 is 5.97 Å². The smallest absolute Gasteiger partial charge is 0.335 e. The Morgan fingerprint density at radius 1 is 1.00 bits per heavy atom. The molecule has 3 aromatic rings. The number of carboxylic acid groups (broad SMARTS) is 1. The maximum absolute atomic E-state index is 11.6. The number of aromatic carboxylic acids is 1. The zero-order valence-corrected chi connectivity index (χ0v) is 13.1. The molecule has 0 radical (unpaired) electrons. The first-order chi connectivity index (χ1) is 11.1. The number of carboxylic acids is 1. The predicted molar refractivity (Wildman–Crippen MR) is 91.4 cm³/mol. The van der Waals surface area contributed by atoms with Gasteiger partial charge in [0.2, 0.25) is 0 Å². The summed E-state index contributed by atoms with van der Waals surface area (Å²) < 4.78 is 5.27. The van der Waals surface area contributed by atoms with E-state index in [1.165, 1.54) is 0 Å². The Labute approximate surface area is 135 Å². The van der Waals surface area contributed by atoms with Crippen LogP contribution in [0.25, 0.3) is 10.8 Å². The molecule has 1 N–H and O–H groups in total. The van der Waals surface area contributed by atoms with Crippen molar-refractivity contribution in [2.75, 3.05) is 7.11 Å². The van der Waals surface area contributed by atoms with E-state index >= 15 is 0 Å². The van der Waals surface area contributed by atoms with Crippen LogP contribution in [-0.4, -0.2) is 18.2 Å². The Balaban J connectivity index is 2.19. The largest absolute Gasteiger partial charge is 0.497 e. The molecule has 116 valence electrons. The van der Waals surface area contributed by atoms with Gasteiger partial charge in [-0.05, 0) is 40.1 Å². The third-order valence-corrected chi connectivity index (χ3v) is 4.25. The normalized spacial score (nSPS) is 12.1. The summed E-state index contributed by atoms with van der Waals surface area (Å²) in [6.07, 6.45) is 0. The van der Waals surface area contributed by atoms with E-state index in [4.69, 9.17) is 4.74 Å². The van der Waals surface area contributed by atoms with Crippen LogP contribution in [0, 0.1) is 0 Å². The molecule has 0 fully saturated rings. The first-order valence-corrected chi connectivity index (χ1v) is 7.50. The summed E-state index contributed by atoms with van der Waals surface area (Å²) in [5, 5.41) is 11.8. The van der Waals surface area contributed by atoms with Gasteiger partial charge < -0.3 is 9.84 Å². The Hall–Kier alpha value is -2.81. The maximum Gasteiger partial charge on any atom is 0.335 e. The zero-order chi connectivity index (χ0) is 16.4. The van der Waals surface area contributed by atoms with E-state index < -0.39 is 5.97 Å². The minimum absolute atomic E-state index is 0.0534. The number of fused-ring (bicyclic) bond motifs is 1. The molecule has 0 bridgehead atoms. The van der Waals surface area contributed by atoms with Crippen molar-refractivity contribution < 1.29 is 14.6 Å². The molecule has 0 saturated heterocycles. The standard InChI is InChI=1S/C20H18O3/c1-13(16-9-5-7-14-6-3-4-8-17(14)16)19-12-15(23-2)10-11-18(19)20(21)22/h3-13H,1-2H3,(H,21,22). The molecule has 0 aliphatic heterocycles. The van der Waals surface area contributed by atoms with Crippen molar-refractivity contribution in [1.82, 2.24) is 0 Å². The van der Waals surface area contributed by atoms with Crippen LogP contribution >= 0.6 is 0 Å². The molecular weight excluding hydrogens is 288 g/mol. The Morgan fingerprint density at radius 2 is 1.74 bits per heavy atom. The molecule has 3 heteroatoms. The molecule has 23 heavy (non-hydrogen) atoms. The van der Waals surface area contributed by atoms with Crippen molar-refractivity contribution >= 4 is 16.7 Å². The number of hydrogen-bond donors (Lipinski definition) is 1. The lowest BCUT2D eigenvalue weighted by atomic mass is 9.86. The molecular formula is C20H18O3. The van der Waals surface area contributed by atoms with Crippen LogP contribution in [-0.2, 0) is 0 Å². The molecule has 0 aliphatic carbocycles. The first kappa shape index (κ1) is 15.1. The molecule has 3 rings (SSSR count). The second kappa shape index (κ2) is 6.13. The van der Waals surface area contributed by atoms with Gasteiger partial charge in [-0.2, -0.15) is 0 Å². The van der Waals surface area contributed by atoms with Crippen LogP contribution in [0.3, 0.4) is 0 Å². The van der Waals surface area contributed by atoms with E-state index in [0.717, 1.165) is 21.9 Å². The molecule has 0 aromatic heterocycles. The SMILES string of the molecule is COc1ccc(C(=O)O)c(C(C)c2cccc3ccccc23)c1. The Kier molecular flexibility index (Phi) is 4.02. The fourth-order valence-electron chi connectivity index (χ4n) is 3.02. The molecule has 0 spiro atoms. The lowest BCUT2D eigenvalue weighted by Crippen LogP contribution is -2.07. The minimum atomic E-state index is -0.922. The van der Waals surface area contributed by atoms with E-state index in [9.17, 15) is 9.90 Å². The van der Waals surface area contributed by atoms with Gasteiger partial charge in [-0.3, -0.25) is 0 Å². The molecule has 0 amide bonds. The summed E-state index contributed by atoms with van der Waals surface area (Å²) in [7, 11) is 1.59. The number of hydrogen-bond acceptors (Lipinski definition) is 2. The van der Waals surface area contributed by atoms with Crippen molar-refractivity contribution in [3.8, 4) is 5.75 Å².